The van der Waals surface area contributed by atoms with E-state index in [1.807, 2.05) is 0 Å². The van der Waals surface area contributed by atoms with Crippen LogP contribution < -0.4 is 14.8 Å². The molecule has 0 aliphatic rings. The van der Waals surface area contributed by atoms with Crippen molar-refractivity contribution in [2.45, 2.75) is 26.3 Å². The van der Waals surface area contributed by atoms with E-state index >= 15 is 0 Å². The Bertz CT molecular complexity index is 788. The number of hydrogen-bond acceptors (Lipinski definition) is 4. The van der Waals surface area contributed by atoms with Crippen LogP contribution in [0, 0.1) is 0 Å². The Morgan fingerprint density at radius 3 is 2.23 bits per heavy atom. The van der Waals surface area contributed by atoms with Crippen molar-refractivity contribution in [2.75, 3.05) is 5.32 Å². The topological polar surface area (TPSA) is 64.6 Å². The summed E-state index contributed by atoms with van der Waals surface area (Å²) in [5, 5.41) is 2.34. The van der Waals surface area contributed by atoms with E-state index in [1.54, 1.807) is 12.1 Å². The van der Waals surface area contributed by atoms with Crippen molar-refractivity contribution in [1.82, 2.24) is 0 Å². The molecule has 138 valence electrons. The number of ether oxygens (including phenoxy) is 2. The maximum atomic E-state index is 12.4. The average Bonchev–Trinajstić information content (AvgIpc) is 2.55. The summed E-state index contributed by atoms with van der Waals surface area (Å²) in [5.74, 6) is -0.939. The molecule has 0 aliphatic heterocycles. The van der Waals surface area contributed by atoms with Crippen molar-refractivity contribution in [1.29, 1.82) is 0 Å². The lowest BCUT2D eigenvalue weighted by Gasteiger charge is -2.17. The minimum Gasteiger partial charge on any atom is -0.481 e. The first-order valence-electron chi connectivity index (χ1n) is 7.59. The summed E-state index contributed by atoms with van der Waals surface area (Å²) in [6.45, 7) is 2.87. The molecule has 2 aromatic carbocycles. The number of nitrogens with one attached hydrogen (secondary N) is 1. The van der Waals surface area contributed by atoms with Crippen LogP contribution in [0.1, 0.15) is 24.2 Å². The van der Waals surface area contributed by atoms with Crippen LogP contribution in [0.15, 0.2) is 48.5 Å². The molecule has 0 radical (unpaired) electrons. The standard InChI is InChI=1S/C18H16F3NO4/c1-11(23)13-7-9-14(10-8-13)25-12(2)17(24)22-15-5-3-4-6-16(15)26-18(19,20)21/h3-10,12H,1-2H3,(H,22,24)/t12-/m1/s1. The van der Waals surface area contributed by atoms with Gasteiger partial charge in [0, 0.05) is 5.56 Å². The molecular formula is C18H16F3NO4. The number of benzene rings is 2. The number of halogens is 3. The first-order valence-corrected chi connectivity index (χ1v) is 7.59. The molecule has 26 heavy (non-hydrogen) atoms. The van der Waals surface area contributed by atoms with Crippen molar-refractivity contribution in [3.05, 3.63) is 54.1 Å². The van der Waals surface area contributed by atoms with Gasteiger partial charge in [-0.3, -0.25) is 9.59 Å². The van der Waals surface area contributed by atoms with Crippen LogP contribution in [0.5, 0.6) is 11.5 Å². The Morgan fingerprint density at radius 2 is 1.65 bits per heavy atom. The van der Waals surface area contributed by atoms with Crippen LogP contribution >= 0.6 is 0 Å². The number of Topliss-reactive ketones (excluding diaryl/α,β-unsaturated/α-hetero) is 1. The molecule has 1 amide bonds. The second-order valence-corrected chi connectivity index (χ2v) is 5.37. The van der Waals surface area contributed by atoms with Gasteiger partial charge in [0.2, 0.25) is 0 Å². The average molecular weight is 367 g/mol. The van der Waals surface area contributed by atoms with Gasteiger partial charge < -0.3 is 14.8 Å². The first kappa shape index (κ1) is 19.3. The van der Waals surface area contributed by atoms with Gasteiger partial charge in [0.25, 0.3) is 5.91 Å². The quantitative estimate of drug-likeness (QED) is 0.778. The predicted octanol–water partition coefficient (Wildman–Crippen LogP) is 4.19. The molecular weight excluding hydrogens is 351 g/mol. The Labute approximate surface area is 147 Å². The number of ketones is 1. The van der Waals surface area contributed by atoms with E-state index in [2.05, 4.69) is 10.1 Å². The van der Waals surface area contributed by atoms with Gasteiger partial charge in [-0.25, -0.2) is 0 Å². The number of hydrogen-bond donors (Lipinski definition) is 1. The van der Waals surface area contributed by atoms with Gasteiger partial charge in [0.05, 0.1) is 5.69 Å². The monoisotopic (exact) mass is 367 g/mol. The van der Waals surface area contributed by atoms with Crippen molar-refractivity contribution < 1.29 is 32.2 Å². The van der Waals surface area contributed by atoms with Crippen molar-refractivity contribution in [2.24, 2.45) is 0 Å². The van der Waals surface area contributed by atoms with E-state index in [0.717, 1.165) is 6.07 Å². The van der Waals surface area contributed by atoms with E-state index in [1.165, 1.54) is 44.2 Å². The molecule has 5 nitrogen and oxygen atoms in total. The fourth-order valence-corrected chi connectivity index (χ4v) is 2.04. The van der Waals surface area contributed by atoms with Gasteiger partial charge in [-0.05, 0) is 50.2 Å². The highest BCUT2D eigenvalue weighted by atomic mass is 19.4. The Kier molecular flexibility index (Phi) is 5.86. The number of alkyl halides is 3. The predicted molar refractivity (Wildman–Crippen MR) is 88.3 cm³/mol. The largest absolute Gasteiger partial charge is 0.573 e. The van der Waals surface area contributed by atoms with E-state index in [-0.39, 0.29) is 11.5 Å². The van der Waals surface area contributed by atoms with Crippen LogP contribution in [0.3, 0.4) is 0 Å². The van der Waals surface area contributed by atoms with Crippen LogP contribution in [-0.4, -0.2) is 24.2 Å². The summed E-state index contributed by atoms with van der Waals surface area (Å²) < 4.78 is 46.5. The fourth-order valence-electron chi connectivity index (χ4n) is 2.04. The van der Waals surface area contributed by atoms with Crippen molar-refractivity contribution in [3.63, 3.8) is 0 Å². The SMILES string of the molecule is CC(=O)c1ccc(O[C@H](C)C(=O)Nc2ccccc2OC(F)(F)F)cc1. The van der Waals surface area contributed by atoms with Crippen LogP contribution in [0.25, 0.3) is 0 Å². The number of anilines is 1. The number of amides is 1. The molecule has 2 rings (SSSR count). The number of para-hydroxylation sites is 2. The molecule has 0 saturated heterocycles. The lowest BCUT2D eigenvalue weighted by atomic mass is 10.1. The molecule has 1 atom stereocenters. The van der Waals surface area contributed by atoms with E-state index in [4.69, 9.17) is 4.74 Å². The minimum atomic E-state index is -4.87. The van der Waals surface area contributed by atoms with E-state index < -0.39 is 24.1 Å². The van der Waals surface area contributed by atoms with Gasteiger partial charge in [-0.15, -0.1) is 13.2 Å². The van der Waals surface area contributed by atoms with Gasteiger partial charge in [-0.1, -0.05) is 12.1 Å². The molecule has 0 fully saturated rings. The zero-order chi connectivity index (χ0) is 19.3. The van der Waals surface area contributed by atoms with Gasteiger partial charge in [0.15, 0.2) is 17.6 Å². The Morgan fingerprint density at radius 1 is 1.04 bits per heavy atom. The molecule has 0 bridgehead atoms. The maximum Gasteiger partial charge on any atom is 0.573 e. The fraction of sp³-hybridized carbons (Fsp3) is 0.222. The van der Waals surface area contributed by atoms with Crippen LogP contribution in [-0.2, 0) is 4.79 Å². The molecule has 0 aromatic heterocycles. The normalized spacial score (nSPS) is 12.2. The second-order valence-electron chi connectivity index (χ2n) is 5.37. The molecule has 2 aromatic rings. The number of carbonyl (C=O) groups is 2. The first-order chi connectivity index (χ1) is 12.2. The van der Waals surface area contributed by atoms with E-state index in [0.29, 0.717) is 11.3 Å². The Hall–Kier alpha value is -3.03. The molecule has 0 aliphatic carbocycles. The Balaban J connectivity index is 2.04. The lowest BCUT2D eigenvalue weighted by Crippen LogP contribution is -2.30. The van der Waals surface area contributed by atoms with E-state index in [9.17, 15) is 22.8 Å². The molecule has 1 N–H and O–H groups in total. The third-order valence-electron chi connectivity index (χ3n) is 3.31. The van der Waals surface area contributed by atoms with Crippen molar-refractivity contribution >= 4 is 17.4 Å². The maximum absolute atomic E-state index is 12.4. The molecule has 8 heteroatoms. The highest BCUT2D eigenvalue weighted by molar-refractivity contribution is 5.95. The highest BCUT2D eigenvalue weighted by Gasteiger charge is 2.32. The summed E-state index contributed by atoms with van der Waals surface area (Å²) in [5.41, 5.74) is 0.366. The zero-order valence-electron chi connectivity index (χ0n) is 14.0. The summed E-state index contributed by atoms with van der Waals surface area (Å²) >= 11 is 0. The highest BCUT2D eigenvalue weighted by Crippen LogP contribution is 2.30. The third kappa shape index (κ3) is 5.51. The van der Waals surface area contributed by atoms with Gasteiger partial charge in [-0.2, -0.15) is 0 Å². The zero-order valence-corrected chi connectivity index (χ0v) is 14.0. The molecule has 0 unspecified atom stereocenters. The number of carbonyl (C=O) groups excluding carboxylic acids is 2. The summed E-state index contributed by atoms with van der Waals surface area (Å²) in [4.78, 5) is 23.4. The number of rotatable bonds is 6. The minimum absolute atomic E-state index is 0.108. The smallest absolute Gasteiger partial charge is 0.481 e. The second kappa shape index (κ2) is 7.90. The summed E-state index contributed by atoms with van der Waals surface area (Å²) in [6, 6.07) is 11.4. The third-order valence-corrected chi connectivity index (χ3v) is 3.31. The van der Waals surface area contributed by atoms with Crippen LogP contribution in [0.4, 0.5) is 18.9 Å². The van der Waals surface area contributed by atoms with Crippen molar-refractivity contribution in [3.8, 4) is 11.5 Å². The van der Waals surface area contributed by atoms with Gasteiger partial charge >= 0.3 is 6.36 Å². The van der Waals surface area contributed by atoms with Crippen LogP contribution in [0.2, 0.25) is 0 Å². The molecule has 0 saturated carbocycles. The summed E-state index contributed by atoms with van der Waals surface area (Å²) in [6.07, 6.45) is -5.86. The molecule has 0 heterocycles. The molecule has 0 spiro atoms. The summed E-state index contributed by atoms with van der Waals surface area (Å²) in [7, 11) is 0. The lowest BCUT2D eigenvalue weighted by molar-refractivity contribution is -0.274. The van der Waals surface area contributed by atoms with Gasteiger partial charge in [0.1, 0.15) is 5.75 Å².